The molecule has 0 spiro atoms. The molecule has 1 saturated carbocycles. The van der Waals surface area contributed by atoms with Crippen LogP contribution >= 0.6 is 0 Å². The summed E-state index contributed by atoms with van der Waals surface area (Å²) in [4.78, 5) is 0. The lowest BCUT2D eigenvalue weighted by Gasteiger charge is -2.43. The van der Waals surface area contributed by atoms with Crippen molar-refractivity contribution in [3.8, 4) is 0 Å². The molecule has 1 aliphatic carbocycles. The molecule has 64 valence electrons. The number of fused-ring (bicyclic) bond motifs is 1. The number of ether oxygens (including phenoxy) is 1. The van der Waals surface area contributed by atoms with Gasteiger partial charge in [0.25, 0.3) is 0 Å². The largest absolute Gasteiger partial charge is 0.387 e. The zero-order valence-corrected chi connectivity index (χ0v) is 6.88. The molecule has 0 amide bonds. The Kier molecular flexibility index (Phi) is 1.90. The van der Waals surface area contributed by atoms with E-state index >= 15 is 0 Å². The standard InChI is InChI=1S/C9H16O2/c10-9-5-2-1-4-8(9)11-7-3-6-9/h8,10H,1-7H2. The van der Waals surface area contributed by atoms with E-state index in [4.69, 9.17) is 4.74 Å². The molecule has 1 aliphatic heterocycles. The molecule has 2 atom stereocenters. The first-order chi connectivity index (χ1) is 5.31. The van der Waals surface area contributed by atoms with Gasteiger partial charge in [-0.2, -0.15) is 0 Å². The molecule has 0 aromatic heterocycles. The molecule has 0 aromatic rings. The normalized spacial score (nSPS) is 45.0. The third-order valence-corrected chi connectivity index (χ3v) is 3.00. The van der Waals surface area contributed by atoms with Crippen LogP contribution in [0, 0.1) is 0 Å². The van der Waals surface area contributed by atoms with Crippen LogP contribution in [-0.4, -0.2) is 23.4 Å². The van der Waals surface area contributed by atoms with Gasteiger partial charge in [-0.25, -0.2) is 0 Å². The van der Waals surface area contributed by atoms with Crippen LogP contribution in [0.2, 0.25) is 0 Å². The van der Waals surface area contributed by atoms with Gasteiger partial charge in [0.15, 0.2) is 0 Å². The van der Waals surface area contributed by atoms with Crippen molar-refractivity contribution < 1.29 is 9.84 Å². The lowest BCUT2D eigenvalue weighted by atomic mass is 9.78. The summed E-state index contributed by atoms with van der Waals surface area (Å²) in [6.45, 7) is 0.854. The summed E-state index contributed by atoms with van der Waals surface area (Å²) in [5.74, 6) is 0. The lowest BCUT2D eigenvalue weighted by molar-refractivity contribution is -0.163. The molecule has 2 fully saturated rings. The van der Waals surface area contributed by atoms with E-state index in [1.807, 2.05) is 0 Å². The van der Waals surface area contributed by atoms with Crippen LogP contribution < -0.4 is 0 Å². The van der Waals surface area contributed by atoms with E-state index in [0.717, 1.165) is 32.3 Å². The first kappa shape index (κ1) is 7.56. The summed E-state index contributed by atoms with van der Waals surface area (Å²) in [5.41, 5.74) is -0.448. The Morgan fingerprint density at radius 3 is 2.82 bits per heavy atom. The maximum Gasteiger partial charge on any atom is 0.0909 e. The van der Waals surface area contributed by atoms with Gasteiger partial charge in [0, 0.05) is 6.61 Å². The van der Waals surface area contributed by atoms with Crippen LogP contribution in [0.5, 0.6) is 0 Å². The second kappa shape index (κ2) is 2.76. The predicted molar refractivity (Wildman–Crippen MR) is 42.4 cm³/mol. The summed E-state index contributed by atoms with van der Waals surface area (Å²) in [6.07, 6.45) is 6.58. The Balaban J connectivity index is 2.06. The topological polar surface area (TPSA) is 29.5 Å². The minimum atomic E-state index is -0.448. The molecular formula is C9H16O2. The molecular weight excluding hydrogens is 140 g/mol. The van der Waals surface area contributed by atoms with Gasteiger partial charge in [0.2, 0.25) is 0 Å². The number of rotatable bonds is 0. The van der Waals surface area contributed by atoms with Crippen molar-refractivity contribution in [1.29, 1.82) is 0 Å². The highest BCUT2D eigenvalue weighted by Crippen LogP contribution is 2.36. The van der Waals surface area contributed by atoms with Gasteiger partial charge in [0.1, 0.15) is 0 Å². The van der Waals surface area contributed by atoms with Gasteiger partial charge in [0.05, 0.1) is 11.7 Å². The second-order valence-corrected chi connectivity index (χ2v) is 3.81. The van der Waals surface area contributed by atoms with Gasteiger partial charge >= 0.3 is 0 Å². The molecule has 2 aliphatic rings. The van der Waals surface area contributed by atoms with E-state index < -0.39 is 5.60 Å². The van der Waals surface area contributed by atoms with Crippen molar-refractivity contribution in [3.05, 3.63) is 0 Å². The fraction of sp³-hybridized carbons (Fsp3) is 1.00. The van der Waals surface area contributed by atoms with E-state index in [9.17, 15) is 5.11 Å². The number of hydrogen-bond donors (Lipinski definition) is 1. The third-order valence-electron chi connectivity index (χ3n) is 3.00. The summed E-state index contributed by atoms with van der Waals surface area (Å²) in [6, 6.07) is 0. The smallest absolute Gasteiger partial charge is 0.0909 e. The molecule has 1 saturated heterocycles. The molecule has 2 nitrogen and oxygen atoms in total. The lowest BCUT2D eigenvalue weighted by Crippen LogP contribution is -2.49. The molecule has 11 heavy (non-hydrogen) atoms. The molecule has 2 rings (SSSR count). The van der Waals surface area contributed by atoms with Crippen molar-refractivity contribution in [1.82, 2.24) is 0 Å². The van der Waals surface area contributed by atoms with Crippen LogP contribution in [-0.2, 0) is 4.74 Å². The maximum absolute atomic E-state index is 10.1. The molecule has 0 aromatic carbocycles. The molecule has 0 bridgehead atoms. The molecule has 1 N–H and O–H groups in total. The van der Waals surface area contributed by atoms with Crippen LogP contribution in [0.25, 0.3) is 0 Å². The molecule has 2 unspecified atom stereocenters. The third kappa shape index (κ3) is 1.30. The summed E-state index contributed by atoms with van der Waals surface area (Å²) < 4.78 is 5.53. The van der Waals surface area contributed by atoms with Crippen LogP contribution in [0.4, 0.5) is 0 Å². The number of hydrogen-bond acceptors (Lipinski definition) is 2. The van der Waals surface area contributed by atoms with E-state index in [-0.39, 0.29) is 6.10 Å². The average Bonchev–Trinajstić information content (AvgIpc) is 2.03. The summed E-state index contributed by atoms with van der Waals surface area (Å²) in [7, 11) is 0. The van der Waals surface area contributed by atoms with E-state index in [1.165, 1.54) is 12.8 Å². The Labute approximate surface area is 67.6 Å². The Bertz CT molecular complexity index is 132. The highest BCUT2D eigenvalue weighted by Gasteiger charge is 2.41. The highest BCUT2D eigenvalue weighted by molar-refractivity contribution is 4.93. The van der Waals surface area contributed by atoms with Gasteiger partial charge in [-0.05, 0) is 25.7 Å². The van der Waals surface area contributed by atoms with Gasteiger partial charge < -0.3 is 9.84 Å². The number of aliphatic hydroxyl groups is 1. The quantitative estimate of drug-likeness (QED) is 0.575. The van der Waals surface area contributed by atoms with E-state index in [2.05, 4.69) is 0 Å². The van der Waals surface area contributed by atoms with Crippen molar-refractivity contribution in [2.75, 3.05) is 6.61 Å². The van der Waals surface area contributed by atoms with Crippen LogP contribution in [0.15, 0.2) is 0 Å². The minimum Gasteiger partial charge on any atom is -0.387 e. The SMILES string of the molecule is OC12CCCCC1OCCC2. The highest BCUT2D eigenvalue weighted by atomic mass is 16.5. The monoisotopic (exact) mass is 156 g/mol. The van der Waals surface area contributed by atoms with Gasteiger partial charge in [-0.1, -0.05) is 12.8 Å². The van der Waals surface area contributed by atoms with Crippen LogP contribution in [0.3, 0.4) is 0 Å². The summed E-state index contributed by atoms with van der Waals surface area (Å²) in [5, 5.41) is 10.1. The Morgan fingerprint density at radius 1 is 1.18 bits per heavy atom. The minimum absolute atomic E-state index is 0.157. The van der Waals surface area contributed by atoms with Gasteiger partial charge in [-0.3, -0.25) is 0 Å². The average molecular weight is 156 g/mol. The van der Waals surface area contributed by atoms with Crippen molar-refractivity contribution in [2.45, 2.75) is 50.2 Å². The fourth-order valence-corrected chi connectivity index (χ4v) is 2.32. The Hall–Kier alpha value is -0.0800. The van der Waals surface area contributed by atoms with E-state index in [0.29, 0.717) is 0 Å². The van der Waals surface area contributed by atoms with Crippen molar-refractivity contribution >= 4 is 0 Å². The predicted octanol–water partition coefficient (Wildman–Crippen LogP) is 1.47. The maximum atomic E-state index is 10.1. The Morgan fingerprint density at radius 2 is 2.00 bits per heavy atom. The summed E-state index contributed by atoms with van der Waals surface area (Å²) >= 11 is 0. The van der Waals surface area contributed by atoms with Crippen LogP contribution in [0.1, 0.15) is 38.5 Å². The van der Waals surface area contributed by atoms with E-state index in [1.54, 1.807) is 0 Å². The van der Waals surface area contributed by atoms with Crippen molar-refractivity contribution in [3.63, 3.8) is 0 Å². The molecule has 1 heterocycles. The second-order valence-electron chi connectivity index (χ2n) is 3.81. The zero-order valence-electron chi connectivity index (χ0n) is 6.88. The first-order valence-corrected chi connectivity index (χ1v) is 4.65. The fourth-order valence-electron chi connectivity index (χ4n) is 2.32. The molecule has 2 heteroatoms. The van der Waals surface area contributed by atoms with Gasteiger partial charge in [-0.15, -0.1) is 0 Å². The first-order valence-electron chi connectivity index (χ1n) is 4.65. The zero-order chi connectivity index (χ0) is 7.73. The molecule has 0 radical (unpaired) electrons. The van der Waals surface area contributed by atoms with Crippen molar-refractivity contribution in [2.24, 2.45) is 0 Å².